The van der Waals surface area contributed by atoms with Crippen molar-refractivity contribution in [2.75, 3.05) is 5.32 Å². The van der Waals surface area contributed by atoms with Crippen LogP contribution in [0.4, 0.5) is 17.1 Å². The Balaban J connectivity index is 2.43. The smallest absolute Gasteiger partial charge is 0.338 e. The van der Waals surface area contributed by atoms with Crippen LogP contribution >= 0.6 is 0 Å². The number of carbonyl (C=O) groups is 1. The van der Waals surface area contributed by atoms with E-state index in [0.717, 1.165) is 22.9 Å². The molecule has 0 heterocycles. The predicted molar refractivity (Wildman–Crippen MR) is 79.3 cm³/mol. The quantitative estimate of drug-likeness (QED) is 0.661. The zero-order valence-electron chi connectivity index (χ0n) is 11.6. The lowest BCUT2D eigenvalue weighted by Gasteiger charge is -2.11. The minimum Gasteiger partial charge on any atom is -0.478 e. The number of non-ortho nitro benzene ring substituents is 1. The summed E-state index contributed by atoms with van der Waals surface area (Å²) in [5.74, 6) is -1.22. The lowest BCUT2D eigenvalue weighted by molar-refractivity contribution is -0.384. The van der Waals surface area contributed by atoms with Gasteiger partial charge in [0.1, 0.15) is 0 Å². The average molecular weight is 286 g/mol. The van der Waals surface area contributed by atoms with Gasteiger partial charge in [0.05, 0.1) is 16.2 Å². The van der Waals surface area contributed by atoms with E-state index in [2.05, 4.69) is 5.32 Å². The molecule has 21 heavy (non-hydrogen) atoms. The molecule has 0 saturated heterocycles. The van der Waals surface area contributed by atoms with E-state index in [1.54, 1.807) is 0 Å². The number of nitrogens with zero attached hydrogens (tertiary/aromatic N) is 1. The highest BCUT2D eigenvalue weighted by Gasteiger charge is 2.16. The Morgan fingerprint density at radius 1 is 1.14 bits per heavy atom. The third-order valence-electron chi connectivity index (χ3n) is 2.95. The van der Waals surface area contributed by atoms with Gasteiger partial charge in [0.25, 0.3) is 5.69 Å². The van der Waals surface area contributed by atoms with Gasteiger partial charge < -0.3 is 10.4 Å². The molecule has 6 heteroatoms. The first-order valence-corrected chi connectivity index (χ1v) is 6.24. The molecule has 2 aromatic rings. The standard InChI is InChI=1S/C15H14N2O4/c1-9-5-10(2)7-11(6-9)16-14-4-3-12(17(20)21)8-13(14)15(18)19/h3-8,16H,1-2H3,(H,18,19). The van der Waals surface area contributed by atoms with E-state index in [-0.39, 0.29) is 11.3 Å². The number of aryl methyl sites for hydroxylation is 2. The van der Waals surface area contributed by atoms with E-state index in [1.807, 2.05) is 32.0 Å². The number of benzene rings is 2. The van der Waals surface area contributed by atoms with E-state index in [9.17, 15) is 20.0 Å². The van der Waals surface area contributed by atoms with E-state index < -0.39 is 10.9 Å². The third kappa shape index (κ3) is 3.36. The molecular weight excluding hydrogens is 272 g/mol. The Hall–Kier alpha value is -2.89. The first kappa shape index (κ1) is 14.5. The van der Waals surface area contributed by atoms with Crippen molar-refractivity contribution in [1.82, 2.24) is 0 Å². The summed E-state index contributed by atoms with van der Waals surface area (Å²) in [6.45, 7) is 3.87. The Labute approximate surface area is 121 Å². The molecule has 108 valence electrons. The normalized spacial score (nSPS) is 10.2. The summed E-state index contributed by atoms with van der Waals surface area (Å²) in [5.41, 5.74) is 2.75. The molecule has 2 aromatic carbocycles. The average Bonchev–Trinajstić information content (AvgIpc) is 2.37. The molecule has 0 amide bonds. The molecule has 0 atom stereocenters. The van der Waals surface area contributed by atoms with Crippen molar-refractivity contribution >= 4 is 23.0 Å². The molecule has 0 aliphatic carbocycles. The summed E-state index contributed by atoms with van der Waals surface area (Å²) in [5, 5.41) is 22.9. The fraction of sp³-hybridized carbons (Fsp3) is 0.133. The predicted octanol–water partition coefficient (Wildman–Crippen LogP) is 3.65. The third-order valence-corrected chi connectivity index (χ3v) is 2.95. The summed E-state index contributed by atoms with van der Waals surface area (Å²) in [6, 6.07) is 9.48. The molecule has 0 unspecified atom stereocenters. The Morgan fingerprint density at radius 3 is 2.29 bits per heavy atom. The van der Waals surface area contributed by atoms with Crippen molar-refractivity contribution in [3.05, 3.63) is 63.2 Å². The van der Waals surface area contributed by atoms with E-state index >= 15 is 0 Å². The van der Waals surface area contributed by atoms with Gasteiger partial charge in [0.15, 0.2) is 0 Å². The van der Waals surface area contributed by atoms with Crippen LogP contribution in [0, 0.1) is 24.0 Å². The number of hydrogen-bond acceptors (Lipinski definition) is 4. The molecule has 6 nitrogen and oxygen atoms in total. The Morgan fingerprint density at radius 2 is 1.76 bits per heavy atom. The Kier molecular flexibility index (Phi) is 3.89. The zero-order valence-corrected chi connectivity index (χ0v) is 11.6. The van der Waals surface area contributed by atoms with Crippen LogP contribution < -0.4 is 5.32 Å². The van der Waals surface area contributed by atoms with E-state index in [1.165, 1.54) is 12.1 Å². The van der Waals surface area contributed by atoms with Gasteiger partial charge >= 0.3 is 5.97 Å². The lowest BCUT2D eigenvalue weighted by atomic mass is 10.1. The van der Waals surface area contributed by atoms with Crippen molar-refractivity contribution in [2.45, 2.75) is 13.8 Å². The van der Waals surface area contributed by atoms with Crippen LogP contribution in [-0.4, -0.2) is 16.0 Å². The first-order valence-electron chi connectivity index (χ1n) is 6.24. The van der Waals surface area contributed by atoms with Crippen LogP contribution in [0.2, 0.25) is 0 Å². The topological polar surface area (TPSA) is 92.5 Å². The van der Waals surface area contributed by atoms with Crippen molar-refractivity contribution in [2.24, 2.45) is 0 Å². The molecule has 0 spiro atoms. The summed E-state index contributed by atoms with van der Waals surface area (Å²) in [6.07, 6.45) is 0. The number of rotatable bonds is 4. The van der Waals surface area contributed by atoms with E-state index in [4.69, 9.17) is 0 Å². The molecule has 0 aliphatic heterocycles. The second-order valence-electron chi connectivity index (χ2n) is 4.79. The number of nitrogens with one attached hydrogen (secondary N) is 1. The highest BCUT2D eigenvalue weighted by Crippen LogP contribution is 2.26. The van der Waals surface area contributed by atoms with Gasteiger partial charge in [-0.25, -0.2) is 4.79 Å². The summed E-state index contributed by atoms with van der Waals surface area (Å²) in [4.78, 5) is 21.4. The van der Waals surface area contributed by atoms with Gasteiger partial charge in [0, 0.05) is 17.8 Å². The van der Waals surface area contributed by atoms with Crippen LogP contribution in [-0.2, 0) is 0 Å². The SMILES string of the molecule is Cc1cc(C)cc(Nc2ccc([N+](=O)[O-])cc2C(=O)O)c1. The summed E-state index contributed by atoms with van der Waals surface area (Å²) in [7, 11) is 0. The second-order valence-corrected chi connectivity index (χ2v) is 4.79. The Bertz CT molecular complexity index is 705. The number of nitro benzene ring substituents is 1. The second kappa shape index (κ2) is 5.62. The number of carboxylic acid groups (broad SMARTS) is 1. The molecule has 0 saturated carbocycles. The maximum absolute atomic E-state index is 11.3. The summed E-state index contributed by atoms with van der Waals surface area (Å²) < 4.78 is 0. The number of carboxylic acids is 1. The van der Waals surface area contributed by atoms with Crippen LogP contribution in [0.5, 0.6) is 0 Å². The number of anilines is 2. The van der Waals surface area contributed by atoms with Gasteiger partial charge in [-0.15, -0.1) is 0 Å². The molecule has 0 aromatic heterocycles. The van der Waals surface area contributed by atoms with Gasteiger partial charge in [0.2, 0.25) is 0 Å². The molecule has 2 N–H and O–H groups in total. The largest absolute Gasteiger partial charge is 0.478 e. The highest BCUT2D eigenvalue weighted by atomic mass is 16.6. The minimum atomic E-state index is -1.22. The first-order chi connectivity index (χ1) is 9.86. The van der Waals surface area contributed by atoms with Gasteiger partial charge in [-0.3, -0.25) is 10.1 Å². The van der Waals surface area contributed by atoms with Crippen molar-refractivity contribution in [3.8, 4) is 0 Å². The fourth-order valence-corrected chi connectivity index (χ4v) is 2.13. The van der Waals surface area contributed by atoms with Crippen molar-refractivity contribution < 1.29 is 14.8 Å². The number of nitro groups is 1. The molecule has 2 rings (SSSR count). The molecule has 0 fully saturated rings. The molecule has 0 aliphatic rings. The number of aromatic carboxylic acids is 1. The fourth-order valence-electron chi connectivity index (χ4n) is 2.13. The van der Waals surface area contributed by atoms with E-state index in [0.29, 0.717) is 5.69 Å². The highest BCUT2D eigenvalue weighted by molar-refractivity contribution is 5.96. The molecular formula is C15H14N2O4. The van der Waals surface area contributed by atoms with Crippen molar-refractivity contribution in [3.63, 3.8) is 0 Å². The molecule has 0 radical (unpaired) electrons. The van der Waals surface area contributed by atoms with Crippen LogP contribution in [0.1, 0.15) is 21.5 Å². The monoisotopic (exact) mass is 286 g/mol. The van der Waals surface area contributed by atoms with Crippen LogP contribution in [0.15, 0.2) is 36.4 Å². The van der Waals surface area contributed by atoms with Gasteiger partial charge in [-0.05, 0) is 43.2 Å². The van der Waals surface area contributed by atoms with Gasteiger partial charge in [-0.2, -0.15) is 0 Å². The number of hydrogen-bond donors (Lipinski definition) is 2. The molecule has 0 bridgehead atoms. The maximum atomic E-state index is 11.3. The maximum Gasteiger partial charge on any atom is 0.338 e. The lowest BCUT2D eigenvalue weighted by Crippen LogP contribution is -2.04. The van der Waals surface area contributed by atoms with Crippen molar-refractivity contribution in [1.29, 1.82) is 0 Å². The zero-order chi connectivity index (χ0) is 15.6. The summed E-state index contributed by atoms with van der Waals surface area (Å²) >= 11 is 0. The van der Waals surface area contributed by atoms with Crippen LogP contribution in [0.3, 0.4) is 0 Å². The minimum absolute atomic E-state index is 0.136. The van der Waals surface area contributed by atoms with Gasteiger partial charge in [-0.1, -0.05) is 6.07 Å². The van der Waals surface area contributed by atoms with Crippen LogP contribution in [0.25, 0.3) is 0 Å².